The highest BCUT2D eigenvalue weighted by Gasteiger charge is 2.03. The summed E-state index contributed by atoms with van der Waals surface area (Å²) in [6, 6.07) is 6.55. The molecule has 7 heteroatoms. The van der Waals surface area contributed by atoms with Gasteiger partial charge in [-0.2, -0.15) is 0 Å². The Bertz CT molecular complexity index is 473. The van der Waals surface area contributed by atoms with Crippen LogP contribution in [0.1, 0.15) is 11.1 Å². The van der Waals surface area contributed by atoms with E-state index in [1.54, 1.807) is 24.3 Å². The summed E-state index contributed by atoms with van der Waals surface area (Å²) in [4.78, 5) is 22.3. The van der Waals surface area contributed by atoms with Crippen molar-refractivity contribution in [2.75, 3.05) is 13.1 Å². The molecule has 0 bridgehead atoms. The van der Waals surface area contributed by atoms with Crippen LogP contribution in [0.2, 0.25) is 0 Å². The molecule has 1 aromatic carbocycles. The quantitative estimate of drug-likeness (QED) is 0.421. The summed E-state index contributed by atoms with van der Waals surface area (Å²) < 4.78 is 0. The van der Waals surface area contributed by atoms with E-state index >= 15 is 0 Å². The number of urea groups is 1. The predicted octanol–water partition coefficient (Wildman–Crippen LogP) is -0.352. The van der Waals surface area contributed by atoms with Crippen LogP contribution in [0.3, 0.4) is 0 Å². The molecule has 0 heterocycles. The summed E-state index contributed by atoms with van der Waals surface area (Å²) in [6.45, 7) is 0.647. The molecule has 3 amide bonds. The Morgan fingerprint density at radius 3 is 2.16 bits per heavy atom. The third-order valence-electron chi connectivity index (χ3n) is 2.35. The molecular weight excluding hydrogens is 264 g/mol. The van der Waals surface area contributed by atoms with Crippen LogP contribution in [-0.2, 0) is 11.2 Å². The maximum atomic E-state index is 11.6. The maximum Gasteiger partial charge on any atom is 0.312 e. The fourth-order valence-corrected chi connectivity index (χ4v) is 1.56. The number of thiocarbonyl (C=S) groups is 1. The minimum absolute atomic E-state index is 0.130. The van der Waals surface area contributed by atoms with Crippen molar-refractivity contribution in [2.45, 2.75) is 6.42 Å². The first-order valence-electron chi connectivity index (χ1n) is 5.68. The smallest absolute Gasteiger partial charge is 0.312 e. The zero-order valence-corrected chi connectivity index (χ0v) is 11.1. The lowest BCUT2D eigenvalue weighted by atomic mass is 10.1. The number of hydrogen-bond acceptors (Lipinski definition) is 3. The van der Waals surface area contributed by atoms with Gasteiger partial charge in [-0.05, 0) is 5.56 Å². The van der Waals surface area contributed by atoms with Crippen LogP contribution in [0.25, 0.3) is 0 Å². The first-order chi connectivity index (χ1) is 8.99. The zero-order valence-electron chi connectivity index (χ0n) is 10.3. The molecular formula is C12H16N4O2S. The molecule has 0 aliphatic rings. The van der Waals surface area contributed by atoms with E-state index in [2.05, 4.69) is 10.6 Å². The van der Waals surface area contributed by atoms with Gasteiger partial charge in [0, 0.05) is 18.7 Å². The van der Waals surface area contributed by atoms with Crippen molar-refractivity contribution in [1.82, 2.24) is 10.6 Å². The van der Waals surface area contributed by atoms with Crippen molar-refractivity contribution in [3.63, 3.8) is 0 Å². The molecule has 0 aliphatic heterocycles. The fraction of sp³-hybridized carbons (Fsp3) is 0.250. The molecule has 0 fully saturated rings. The molecule has 0 aliphatic carbocycles. The first-order valence-corrected chi connectivity index (χ1v) is 6.08. The van der Waals surface area contributed by atoms with Crippen molar-refractivity contribution in [1.29, 1.82) is 0 Å². The average Bonchev–Trinajstić information content (AvgIpc) is 2.35. The van der Waals surface area contributed by atoms with Gasteiger partial charge in [0.15, 0.2) is 0 Å². The average molecular weight is 280 g/mol. The van der Waals surface area contributed by atoms with Gasteiger partial charge in [-0.25, -0.2) is 4.79 Å². The lowest BCUT2D eigenvalue weighted by molar-refractivity contribution is -0.120. The fourth-order valence-electron chi connectivity index (χ4n) is 1.42. The minimum Gasteiger partial charge on any atom is -0.389 e. The van der Waals surface area contributed by atoms with E-state index in [9.17, 15) is 9.59 Å². The van der Waals surface area contributed by atoms with Gasteiger partial charge in [0.2, 0.25) is 5.91 Å². The number of benzene rings is 1. The van der Waals surface area contributed by atoms with Crippen LogP contribution in [0.15, 0.2) is 24.3 Å². The largest absolute Gasteiger partial charge is 0.389 e. The van der Waals surface area contributed by atoms with Crippen molar-refractivity contribution < 1.29 is 9.59 Å². The van der Waals surface area contributed by atoms with Crippen molar-refractivity contribution >= 4 is 29.1 Å². The summed E-state index contributed by atoms with van der Waals surface area (Å²) in [5, 5.41) is 5.04. The number of rotatable bonds is 6. The van der Waals surface area contributed by atoms with Gasteiger partial charge in [-0.15, -0.1) is 0 Å². The number of amides is 3. The second-order valence-electron chi connectivity index (χ2n) is 3.88. The van der Waals surface area contributed by atoms with E-state index in [0.717, 1.165) is 11.1 Å². The van der Waals surface area contributed by atoms with Crippen molar-refractivity contribution in [3.8, 4) is 0 Å². The van der Waals surface area contributed by atoms with E-state index in [4.69, 9.17) is 23.7 Å². The van der Waals surface area contributed by atoms with Gasteiger partial charge in [0.25, 0.3) is 0 Å². The molecule has 6 N–H and O–H groups in total. The number of hydrogen-bond donors (Lipinski definition) is 4. The third-order valence-corrected chi connectivity index (χ3v) is 2.59. The molecule has 1 rings (SSSR count). The lowest BCUT2D eigenvalue weighted by Crippen LogP contribution is -2.37. The number of nitrogens with one attached hydrogen (secondary N) is 2. The van der Waals surface area contributed by atoms with Crippen molar-refractivity contribution in [2.24, 2.45) is 11.5 Å². The standard InChI is InChI=1S/C12H16N4O2S/c13-11(19)9-3-1-8(2-4-9)7-10(17)15-5-6-16-12(14)18/h1-4H,5-7H2,(H2,13,19)(H,15,17)(H3,14,16,18). The second kappa shape index (κ2) is 7.32. The van der Waals surface area contributed by atoms with Crippen LogP contribution in [0.5, 0.6) is 0 Å². The molecule has 1 aromatic rings. The Balaban J connectivity index is 2.35. The Hall–Kier alpha value is -2.15. The van der Waals surface area contributed by atoms with Gasteiger partial charge in [-0.3, -0.25) is 4.79 Å². The summed E-state index contributed by atoms with van der Waals surface area (Å²) in [7, 11) is 0. The van der Waals surface area contributed by atoms with Gasteiger partial charge in [0.05, 0.1) is 6.42 Å². The predicted molar refractivity (Wildman–Crippen MR) is 76.6 cm³/mol. The molecule has 102 valence electrons. The number of carbonyl (C=O) groups excluding carboxylic acids is 2. The monoisotopic (exact) mass is 280 g/mol. The summed E-state index contributed by atoms with van der Waals surface area (Å²) in [6.07, 6.45) is 0.258. The van der Waals surface area contributed by atoms with Crippen LogP contribution in [0.4, 0.5) is 4.79 Å². The van der Waals surface area contributed by atoms with Crippen LogP contribution >= 0.6 is 12.2 Å². The van der Waals surface area contributed by atoms with Gasteiger partial charge in [-0.1, -0.05) is 36.5 Å². The first kappa shape index (κ1) is 14.9. The van der Waals surface area contributed by atoms with Crippen LogP contribution < -0.4 is 22.1 Å². The summed E-state index contributed by atoms with van der Waals surface area (Å²) >= 11 is 4.84. The molecule has 19 heavy (non-hydrogen) atoms. The molecule has 0 radical (unpaired) electrons. The lowest BCUT2D eigenvalue weighted by Gasteiger charge is -2.06. The maximum absolute atomic E-state index is 11.6. The third kappa shape index (κ3) is 5.82. The highest BCUT2D eigenvalue weighted by Crippen LogP contribution is 2.05. The molecule has 0 spiro atoms. The van der Waals surface area contributed by atoms with Crippen LogP contribution in [-0.4, -0.2) is 30.0 Å². The number of primary amides is 1. The summed E-state index contributed by atoms with van der Waals surface area (Å²) in [5.74, 6) is -0.130. The Morgan fingerprint density at radius 1 is 1.05 bits per heavy atom. The van der Waals surface area contributed by atoms with E-state index in [0.29, 0.717) is 18.1 Å². The minimum atomic E-state index is -0.609. The number of carbonyl (C=O) groups is 2. The van der Waals surface area contributed by atoms with E-state index in [1.165, 1.54) is 0 Å². The summed E-state index contributed by atoms with van der Waals surface area (Å²) in [5.41, 5.74) is 12.0. The zero-order chi connectivity index (χ0) is 14.3. The number of nitrogens with two attached hydrogens (primary N) is 2. The molecule has 0 saturated heterocycles. The van der Waals surface area contributed by atoms with E-state index < -0.39 is 6.03 Å². The molecule has 0 atom stereocenters. The molecule has 0 saturated carbocycles. The normalized spacial score (nSPS) is 9.68. The van der Waals surface area contributed by atoms with Gasteiger partial charge < -0.3 is 22.1 Å². The SMILES string of the molecule is NC(=O)NCCNC(=O)Cc1ccc(C(N)=S)cc1. The van der Waals surface area contributed by atoms with Gasteiger partial charge in [0.1, 0.15) is 4.99 Å². The highest BCUT2D eigenvalue weighted by atomic mass is 32.1. The topological polar surface area (TPSA) is 110 Å². The van der Waals surface area contributed by atoms with E-state index in [1.807, 2.05) is 0 Å². The Morgan fingerprint density at radius 2 is 1.63 bits per heavy atom. The Kier molecular flexibility index (Phi) is 5.74. The van der Waals surface area contributed by atoms with Gasteiger partial charge >= 0.3 is 6.03 Å². The molecule has 6 nitrogen and oxygen atoms in total. The highest BCUT2D eigenvalue weighted by molar-refractivity contribution is 7.80. The van der Waals surface area contributed by atoms with Crippen molar-refractivity contribution in [3.05, 3.63) is 35.4 Å². The van der Waals surface area contributed by atoms with Crippen LogP contribution in [0, 0.1) is 0 Å². The molecule has 0 aromatic heterocycles. The second-order valence-corrected chi connectivity index (χ2v) is 4.32. The Labute approximate surface area is 116 Å². The van der Waals surface area contributed by atoms with E-state index in [-0.39, 0.29) is 12.3 Å². The molecule has 0 unspecified atom stereocenters.